The maximum absolute atomic E-state index is 12.7. The lowest BCUT2D eigenvalue weighted by Crippen LogP contribution is -2.52. The molecule has 0 N–H and O–H groups in total. The number of halogens is 1. The number of esters is 1. The molecule has 11 nitrogen and oxygen atoms in total. The highest BCUT2D eigenvalue weighted by atomic mass is 19.1. The van der Waals surface area contributed by atoms with Gasteiger partial charge < -0.3 is 28.4 Å². The lowest BCUT2D eigenvalue weighted by Gasteiger charge is -2.35. The van der Waals surface area contributed by atoms with Gasteiger partial charge in [-0.2, -0.15) is 4.98 Å². The molecule has 5 rings (SSSR count). The quantitative estimate of drug-likeness (QED) is 0.269. The number of aromatic nitrogens is 3. The Morgan fingerprint density at radius 2 is 1.85 bits per heavy atom. The van der Waals surface area contributed by atoms with E-state index in [1.165, 1.54) is 11.0 Å². The van der Waals surface area contributed by atoms with Crippen LogP contribution >= 0.6 is 0 Å². The van der Waals surface area contributed by atoms with E-state index in [1.807, 2.05) is 29.2 Å². The normalized spacial score (nSPS) is 13.4. The van der Waals surface area contributed by atoms with E-state index in [0.717, 1.165) is 11.3 Å². The Kier molecular flexibility index (Phi) is 8.37. The zero-order chi connectivity index (χ0) is 28.8. The van der Waals surface area contributed by atoms with Crippen LogP contribution in [0.5, 0.6) is 5.75 Å². The van der Waals surface area contributed by atoms with Gasteiger partial charge in [0.25, 0.3) is 11.4 Å². The van der Waals surface area contributed by atoms with Crippen LogP contribution in [0.4, 0.5) is 10.1 Å². The number of carbonyl (C=O) groups excluding carboxylic acids is 2. The molecule has 3 heterocycles. The SMILES string of the molecule is CCOC(=O)CN1CCN(c2cccc(Cn3cc(-c4nc(-c5ccc(OCF)cc5)no4)ccc3=O)c2)CC1=O. The molecule has 0 bridgehead atoms. The summed E-state index contributed by atoms with van der Waals surface area (Å²) in [5.74, 6) is 0.403. The molecule has 0 radical (unpaired) electrons. The minimum absolute atomic E-state index is 0.0525. The molecule has 12 heteroatoms. The molecule has 0 unspecified atom stereocenters. The van der Waals surface area contributed by atoms with Crippen molar-refractivity contribution in [3.05, 3.63) is 82.8 Å². The number of pyridine rings is 1. The van der Waals surface area contributed by atoms with Crippen molar-refractivity contribution in [3.63, 3.8) is 0 Å². The Balaban J connectivity index is 1.28. The zero-order valence-corrected chi connectivity index (χ0v) is 22.4. The molecular weight excluding hydrogens is 533 g/mol. The molecule has 0 spiro atoms. The van der Waals surface area contributed by atoms with Crippen LogP contribution in [0.25, 0.3) is 22.8 Å². The molecule has 1 fully saturated rings. The Labute approximate surface area is 234 Å². The maximum Gasteiger partial charge on any atom is 0.325 e. The first-order valence-corrected chi connectivity index (χ1v) is 13.0. The minimum atomic E-state index is -0.916. The third-order valence-electron chi connectivity index (χ3n) is 6.56. The number of hydrogen-bond donors (Lipinski definition) is 0. The van der Waals surface area contributed by atoms with Crippen molar-refractivity contribution in [1.29, 1.82) is 0 Å². The summed E-state index contributed by atoms with van der Waals surface area (Å²) in [5, 5.41) is 4.02. The molecule has 0 saturated carbocycles. The Morgan fingerprint density at radius 1 is 1.05 bits per heavy atom. The van der Waals surface area contributed by atoms with Crippen molar-refractivity contribution in [3.8, 4) is 28.6 Å². The third kappa shape index (κ3) is 6.60. The van der Waals surface area contributed by atoms with Crippen LogP contribution in [-0.4, -0.2) is 71.1 Å². The minimum Gasteiger partial charge on any atom is -0.465 e. The van der Waals surface area contributed by atoms with Gasteiger partial charge in [0, 0.05) is 36.6 Å². The highest BCUT2D eigenvalue weighted by molar-refractivity contribution is 5.86. The fraction of sp³-hybridized carbons (Fsp3) is 0.276. The van der Waals surface area contributed by atoms with Crippen LogP contribution in [0.1, 0.15) is 12.5 Å². The average Bonchev–Trinajstić information content (AvgIpc) is 3.47. The predicted octanol–water partition coefficient (Wildman–Crippen LogP) is 3.13. The van der Waals surface area contributed by atoms with Crippen LogP contribution in [0.2, 0.25) is 0 Å². The van der Waals surface area contributed by atoms with Gasteiger partial charge in [-0.05, 0) is 55.0 Å². The number of nitrogens with zero attached hydrogens (tertiary/aromatic N) is 5. The highest BCUT2D eigenvalue weighted by Gasteiger charge is 2.26. The van der Waals surface area contributed by atoms with E-state index >= 15 is 0 Å². The smallest absolute Gasteiger partial charge is 0.325 e. The lowest BCUT2D eigenvalue weighted by molar-refractivity contribution is -0.149. The summed E-state index contributed by atoms with van der Waals surface area (Å²) in [6.07, 6.45) is 1.65. The number of carbonyl (C=O) groups is 2. The standard InChI is InChI=1S/C29H28FN5O6/c1-2-39-27(38)18-34-13-12-33(17-26(34)37)23-5-3-4-20(14-23)15-35-16-22(8-11-25(35)36)29-31-28(32-41-29)21-6-9-24(10-7-21)40-19-30/h3-11,14,16H,2,12-13,15,17-19H2,1H3. The summed E-state index contributed by atoms with van der Waals surface area (Å²) in [6.45, 7) is 2.43. The predicted molar refractivity (Wildman–Crippen MR) is 147 cm³/mol. The summed E-state index contributed by atoms with van der Waals surface area (Å²) < 4.78 is 29.1. The van der Waals surface area contributed by atoms with Gasteiger partial charge in [-0.1, -0.05) is 17.3 Å². The number of amides is 1. The molecule has 2 aromatic heterocycles. The molecule has 2 aromatic carbocycles. The fourth-order valence-corrected chi connectivity index (χ4v) is 4.51. The first kappa shape index (κ1) is 27.6. The van der Waals surface area contributed by atoms with E-state index in [2.05, 4.69) is 10.1 Å². The van der Waals surface area contributed by atoms with Gasteiger partial charge >= 0.3 is 5.97 Å². The van der Waals surface area contributed by atoms with E-state index in [-0.39, 0.29) is 43.6 Å². The second-order valence-electron chi connectivity index (χ2n) is 9.30. The van der Waals surface area contributed by atoms with Crippen LogP contribution in [-0.2, 0) is 20.9 Å². The number of hydrogen-bond acceptors (Lipinski definition) is 9. The van der Waals surface area contributed by atoms with Gasteiger partial charge in [-0.15, -0.1) is 0 Å². The first-order chi connectivity index (χ1) is 19.9. The first-order valence-electron chi connectivity index (χ1n) is 13.0. The second kappa shape index (κ2) is 12.5. The van der Waals surface area contributed by atoms with E-state index in [9.17, 15) is 18.8 Å². The molecule has 1 aliphatic heterocycles. The summed E-state index contributed by atoms with van der Waals surface area (Å²) in [4.78, 5) is 45.0. The van der Waals surface area contributed by atoms with Crippen LogP contribution in [0, 0.1) is 0 Å². The van der Waals surface area contributed by atoms with Crippen molar-refractivity contribution < 1.29 is 28.0 Å². The van der Waals surface area contributed by atoms with Gasteiger partial charge in [-0.3, -0.25) is 14.4 Å². The summed E-state index contributed by atoms with van der Waals surface area (Å²) in [7, 11) is 0. The summed E-state index contributed by atoms with van der Waals surface area (Å²) >= 11 is 0. The molecule has 1 amide bonds. The summed E-state index contributed by atoms with van der Waals surface area (Å²) in [6, 6.07) is 17.3. The molecule has 41 heavy (non-hydrogen) atoms. The highest BCUT2D eigenvalue weighted by Crippen LogP contribution is 2.24. The summed E-state index contributed by atoms with van der Waals surface area (Å²) in [5.41, 5.74) is 2.74. The second-order valence-corrected chi connectivity index (χ2v) is 9.30. The van der Waals surface area contributed by atoms with E-state index in [1.54, 1.807) is 48.0 Å². The van der Waals surface area contributed by atoms with E-state index in [0.29, 0.717) is 35.8 Å². The monoisotopic (exact) mass is 561 g/mol. The molecule has 4 aromatic rings. The number of piperazine rings is 1. The van der Waals surface area contributed by atoms with Crippen molar-refractivity contribution in [2.75, 3.05) is 44.5 Å². The maximum atomic E-state index is 12.7. The Bertz CT molecular complexity index is 1590. The van der Waals surface area contributed by atoms with E-state index < -0.39 is 12.8 Å². The Morgan fingerprint density at radius 3 is 2.61 bits per heavy atom. The van der Waals surface area contributed by atoms with Crippen LogP contribution < -0.4 is 15.2 Å². The number of rotatable bonds is 10. The van der Waals surface area contributed by atoms with Crippen molar-refractivity contribution >= 4 is 17.6 Å². The van der Waals surface area contributed by atoms with Crippen LogP contribution in [0.15, 0.2) is 76.2 Å². The molecule has 1 saturated heterocycles. The van der Waals surface area contributed by atoms with Gasteiger partial charge in [-0.25, -0.2) is 4.39 Å². The van der Waals surface area contributed by atoms with Gasteiger partial charge in [0.2, 0.25) is 18.6 Å². The fourth-order valence-electron chi connectivity index (χ4n) is 4.51. The zero-order valence-electron chi connectivity index (χ0n) is 22.4. The number of benzene rings is 2. The van der Waals surface area contributed by atoms with E-state index in [4.69, 9.17) is 14.0 Å². The van der Waals surface area contributed by atoms with Crippen molar-refractivity contribution in [1.82, 2.24) is 19.6 Å². The lowest BCUT2D eigenvalue weighted by atomic mass is 10.1. The average molecular weight is 562 g/mol. The van der Waals surface area contributed by atoms with Crippen molar-refractivity contribution in [2.45, 2.75) is 13.5 Å². The molecular formula is C29H28FN5O6. The van der Waals surface area contributed by atoms with Gasteiger partial charge in [0.05, 0.1) is 25.3 Å². The van der Waals surface area contributed by atoms with Gasteiger partial charge in [0.15, 0.2) is 0 Å². The largest absolute Gasteiger partial charge is 0.465 e. The Hall–Kier alpha value is -5.00. The topological polar surface area (TPSA) is 120 Å². The van der Waals surface area contributed by atoms with Crippen LogP contribution in [0.3, 0.4) is 0 Å². The third-order valence-corrected chi connectivity index (χ3v) is 6.56. The molecule has 0 aliphatic carbocycles. The molecule has 0 atom stereocenters. The number of ether oxygens (including phenoxy) is 2. The molecule has 1 aliphatic rings. The number of alkyl halides is 1. The van der Waals surface area contributed by atoms with Gasteiger partial charge in [0.1, 0.15) is 12.3 Å². The number of anilines is 1. The molecule has 212 valence electrons. The van der Waals surface area contributed by atoms with Crippen molar-refractivity contribution in [2.24, 2.45) is 0 Å².